The van der Waals surface area contributed by atoms with Crippen LogP contribution >= 0.6 is 0 Å². The molecule has 5 nitrogen and oxygen atoms in total. The number of aromatic nitrogens is 1. The van der Waals surface area contributed by atoms with E-state index < -0.39 is 18.1 Å². The molecule has 0 saturated carbocycles. The van der Waals surface area contributed by atoms with Gasteiger partial charge in [-0.05, 0) is 11.6 Å². The van der Waals surface area contributed by atoms with Gasteiger partial charge < -0.3 is 15.9 Å². The maximum absolute atomic E-state index is 10.4. The summed E-state index contributed by atoms with van der Waals surface area (Å²) in [5.74, 6) is -1.12. The molecule has 0 aliphatic heterocycles. The molecular weight excluding hydrogens is 184 g/mol. The smallest absolute Gasteiger partial charge is 0.320 e. The van der Waals surface area contributed by atoms with Gasteiger partial charge in [0.25, 0.3) is 0 Å². The Labute approximate surface area is 81.2 Å². The first kappa shape index (κ1) is 10.6. The first-order chi connectivity index (χ1) is 6.61. The van der Waals surface area contributed by atoms with E-state index in [-0.39, 0.29) is 6.42 Å². The van der Waals surface area contributed by atoms with Crippen molar-refractivity contribution in [1.29, 1.82) is 0 Å². The molecule has 4 N–H and O–H groups in total. The molecule has 5 heteroatoms. The van der Waals surface area contributed by atoms with Crippen molar-refractivity contribution in [2.24, 2.45) is 5.73 Å². The van der Waals surface area contributed by atoms with Crippen molar-refractivity contribution in [2.75, 3.05) is 0 Å². The van der Waals surface area contributed by atoms with Crippen LogP contribution in [0.15, 0.2) is 24.5 Å². The third-order valence-corrected chi connectivity index (χ3v) is 1.86. The number of carboxylic acids is 1. The third-order valence-electron chi connectivity index (χ3n) is 1.86. The fourth-order valence-electron chi connectivity index (χ4n) is 1.05. The number of aliphatic hydroxyl groups excluding tert-OH is 1. The van der Waals surface area contributed by atoms with Crippen LogP contribution in [-0.2, 0) is 4.79 Å². The highest BCUT2D eigenvalue weighted by Gasteiger charge is 2.17. The average Bonchev–Trinajstić information content (AvgIpc) is 2.19. The predicted molar refractivity (Wildman–Crippen MR) is 49.4 cm³/mol. The molecule has 0 bridgehead atoms. The summed E-state index contributed by atoms with van der Waals surface area (Å²) in [7, 11) is 0. The second-order valence-corrected chi connectivity index (χ2v) is 2.98. The van der Waals surface area contributed by atoms with Gasteiger partial charge in [-0.2, -0.15) is 0 Å². The first-order valence-corrected chi connectivity index (χ1v) is 4.17. The van der Waals surface area contributed by atoms with Crippen LogP contribution in [-0.4, -0.2) is 27.2 Å². The summed E-state index contributed by atoms with van der Waals surface area (Å²) < 4.78 is 0. The molecule has 14 heavy (non-hydrogen) atoms. The van der Waals surface area contributed by atoms with Gasteiger partial charge in [-0.25, -0.2) is 0 Å². The van der Waals surface area contributed by atoms with Gasteiger partial charge >= 0.3 is 5.97 Å². The topological polar surface area (TPSA) is 96.4 Å². The molecule has 0 radical (unpaired) electrons. The number of hydrogen-bond acceptors (Lipinski definition) is 4. The van der Waals surface area contributed by atoms with Crippen molar-refractivity contribution in [1.82, 2.24) is 4.98 Å². The largest absolute Gasteiger partial charge is 0.480 e. The molecule has 0 aliphatic rings. The normalized spacial score (nSPS) is 14.7. The number of carboxylic acid groups (broad SMARTS) is 1. The maximum Gasteiger partial charge on any atom is 0.320 e. The number of carbonyl (C=O) groups is 1. The molecule has 0 saturated heterocycles. The van der Waals surface area contributed by atoms with Crippen LogP contribution in [0.3, 0.4) is 0 Å². The Hall–Kier alpha value is -1.46. The number of aliphatic hydroxyl groups is 1. The van der Waals surface area contributed by atoms with Crippen molar-refractivity contribution in [3.05, 3.63) is 30.1 Å². The van der Waals surface area contributed by atoms with Gasteiger partial charge in [-0.1, -0.05) is 6.07 Å². The van der Waals surface area contributed by atoms with E-state index in [0.717, 1.165) is 0 Å². The van der Waals surface area contributed by atoms with Gasteiger partial charge in [0.1, 0.15) is 6.04 Å². The van der Waals surface area contributed by atoms with E-state index >= 15 is 0 Å². The van der Waals surface area contributed by atoms with Crippen molar-refractivity contribution in [3.63, 3.8) is 0 Å². The predicted octanol–water partition coefficient (Wildman–Crippen LogP) is -0.0830. The van der Waals surface area contributed by atoms with Crippen molar-refractivity contribution >= 4 is 5.97 Å². The van der Waals surface area contributed by atoms with Crippen LogP contribution in [0.2, 0.25) is 0 Å². The monoisotopic (exact) mass is 196 g/mol. The minimum absolute atomic E-state index is 0.0129. The molecule has 0 spiro atoms. The zero-order valence-corrected chi connectivity index (χ0v) is 7.50. The first-order valence-electron chi connectivity index (χ1n) is 4.17. The molecule has 1 aromatic rings. The summed E-state index contributed by atoms with van der Waals surface area (Å²) >= 11 is 0. The lowest BCUT2D eigenvalue weighted by atomic mass is 10.0. The fourth-order valence-corrected chi connectivity index (χ4v) is 1.05. The van der Waals surface area contributed by atoms with Crippen molar-refractivity contribution in [2.45, 2.75) is 18.6 Å². The lowest BCUT2D eigenvalue weighted by molar-refractivity contribution is -0.139. The van der Waals surface area contributed by atoms with E-state index in [9.17, 15) is 9.90 Å². The number of nitrogens with two attached hydrogens (primary N) is 1. The summed E-state index contributed by atoms with van der Waals surface area (Å²) in [4.78, 5) is 14.2. The lowest BCUT2D eigenvalue weighted by Crippen LogP contribution is -2.31. The van der Waals surface area contributed by atoms with E-state index in [4.69, 9.17) is 10.8 Å². The molecule has 1 aromatic heterocycles. The van der Waals surface area contributed by atoms with E-state index in [1.165, 1.54) is 6.20 Å². The van der Waals surface area contributed by atoms with Gasteiger partial charge in [-0.15, -0.1) is 0 Å². The standard InChI is InChI=1S/C9H12N2O3/c10-7(9(13)14)4-8(12)6-2-1-3-11-5-6/h1-3,5,7-8,12H,4,10H2,(H,13,14)/t7-,8-/m0/s1. The Bertz CT molecular complexity index is 302. The van der Waals surface area contributed by atoms with Crippen LogP contribution < -0.4 is 5.73 Å². The van der Waals surface area contributed by atoms with E-state index in [1.54, 1.807) is 18.3 Å². The van der Waals surface area contributed by atoms with Crippen LogP contribution in [0.25, 0.3) is 0 Å². The quantitative estimate of drug-likeness (QED) is 0.625. The van der Waals surface area contributed by atoms with E-state index in [0.29, 0.717) is 5.56 Å². The molecular formula is C9H12N2O3. The molecule has 1 heterocycles. The molecule has 0 aromatic carbocycles. The van der Waals surface area contributed by atoms with Crippen molar-refractivity contribution in [3.8, 4) is 0 Å². The molecule has 0 fully saturated rings. The molecule has 2 atom stereocenters. The van der Waals surface area contributed by atoms with E-state index in [2.05, 4.69) is 4.98 Å². The van der Waals surface area contributed by atoms with Crippen molar-refractivity contribution < 1.29 is 15.0 Å². The second kappa shape index (κ2) is 4.69. The SMILES string of the molecule is N[C@@H](C[C@H](O)c1cccnc1)C(=O)O. The highest BCUT2D eigenvalue weighted by molar-refractivity contribution is 5.73. The molecule has 0 aliphatic carbocycles. The highest BCUT2D eigenvalue weighted by Crippen LogP contribution is 2.15. The number of pyridine rings is 1. The van der Waals surface area contributed by atoms with Crippen LogP contribution in [0.5, 0.6) is 0 Å². The summed E-state index contributed by atoms with van der Waals surface area (Å²) in [6, 6.07) is 2.29. The minimum Gasteiger partial charge on any atom is -0.480 e. The van der Waals surface area contributed by atoms with Gasteiger partial charge in [0.2, 0.25) is 0 Å². The van der Waals surface area contributed by atoms with Gasteiger partial charge in [-0.3, -0.25) is 9.78 Å². The summed E-state index contributed by atoms with van der Waals surface area (Å²) in [5, 5.41) is 18.1. The zero-order chi connectivity index (χ0) is 10.6. The highest BCUT2D eigenvalue weighted by atomic mass is 16.4. The zero-order valence-electron chi connectivity index (χ0n) is 7.50. The Kier molecular flexibility index (Phi) is 3.55. The maximum atomic E-state index is 10.4. The number of hydrogen-bond donors (Lipinski definition) is 3. The Balaban J connectivity index is 2.59. The average molecular weight is 196 g/mol. The molecule has 1 rings (SSSR count). The Morgan fingerprint density at radius 2 is 2.36 bits per heavy atom. The summed E-state index contributed by atoms with van der Waals surface area (Å²) in [6.45, 7) is 0. The summed E-state index contributed by atoms with van der Waals surface area (Å²) in [6.07, 6.45) is 2.17. The van der Waals surface area contributed by atoms with Gasteiger partial charge in [0, 0.05) is 18.8 Å². The molecule has 76 valence electrons. The second-order valence-electron chi connectivity index (χ2n) is 2.98. The summed E-state index contributed by atoms with van der Waals surface area (Å²) in [5.41, 5.74) is 5.85. The Morgan fingerprint density at radius 1 is 1.64 bits per heavy atom. The number of aliphatic carboxylic acids is 1. The third kappa shape index (κ3) is 2.79. The number of rotatable bonds is 4. The van der Waals surface area contributed by atoms with Gasteiger partial charge in [0.05, 0.1) is 6.10 Å². The fraction of sp³-hybridized carbons (Fsp3) is 0.333. The lowest BCUT2D eigenvalue weighted by Gasteiger charge is -2.12. The number of nitrogens with zero attached hydrogens (tertiary/aromatic N) is 1. The Morgan fingerprint density at radius 3 is 2.86 bits per heavy atom. The van der Waals surface area contributed by atoms with E-state index in [1.807, 2.05) is 0 Å². The minimum atomic E-state index is -1.12. The molecule has 0 amide bonds. The molecule has 0 unspecified atom stereocenters. The van der Waals surface area contributed by atoms with Crippen LogP contribution in [0, 0.1) is 0 Å². The van der Waals surface area contributed by atoms with Gasteiger partial charge in [0.15, 0.2) is 0 Å². The van der Waals surface area contributed by atoms with Crippen LogP contribution in [0.4, 0.5) is 0 Å². The van der Waals surface area contributed by atoms with Crippen LogP contribution in [0.1, 0.15) is 18.1 Å².